The maximum absolute atomic E-state index is 5.85. The molecule has 1 aromatic carbocycles. The Kier molecular flexibility index (Phi) is 7.68. The summed E-state index contributed by atoms with van der Waals surface area (Å²) in [7, 11) is 2.28. The molecule has 2 rings (SSSR count). The van der Waals surface area contributed by atoms with Crippen molar-refractivity contribution in [3.63, 3.8) is 0 Å². The van der Waals surface area contributed by atoms with Crippen LogP contribution in [0.2, 0.25) is 0 Å². The predicted molar refractivity (Wildman–Crippen MR) is 132 cm³/mol. The lowest BCUT2D eigenvalue weighted by molar-refractivity contribution is -0.00473. The van der Waals surface area contributed by atoms with Gasteiger partial charge in [-0.3, -0.25) is 4.90 Å². The molecule has 0 radical (unpaired) electrons. The molecule has 0 aromatic heterocycles. The quantitative estimate of drug-likeness (QED) is 0.386. The Morgan fingerprint density at radius 3 is 2.07 bits per heavy atom. The first-order valence-electron chi connectivity index (χ1n) is 11.9. The zero-order chi connectivity index (χ0) is 22.8. The summed E-state index contributed by atoms with van der Waals surface area (Å²) in [4.78, 5) is 2.55. The van der Waals surface area contributed by atoms with E-state index >= 15 is 0 Å². The number of unbranched alkanes of at least 4 members (excludes halogenated alkanes) is 3. The highest BCUT2D eigenvalue weighted by atomic mass is 16.5. The number of nitrogens with zero attached hydrogens (tertiary/aromatic N) is 1. The molecule has 1 aliphatic rings. The molecule has 0 bridgehead atoms. The molecule has 0 heterocycles. The van der Waals surface area contributed by atoms with Gasteiger partial charge in [0, 0.05) is 23.1 Å². The lowest BCUT2D eigenvalue weighted by atomic mass is 9.68. The second-order valence-corrected chi connectivity index (χ2v) is 11.8. The molecule has 0 saturated carbocycles. The molecule has 0 N–H and O–H groups in total. The zero-order valence-electron chi connectivity index (χ0n) is 21.5. The van der Waals surface area contributed by atoms with Crippen LogP contribution in [0.1, 0.15) is 106 Å². The van der Waals surface area contributed by atoms with Crippen molar-refractivity contribution in [2.24, 2.45) is 0 Å². The average Bonchev–Trinajstić information content (AvgIpc) is 2.93. The molecular weight excluding hydrogens is 366 g/mol. The first kappa shape index (κ1) is 25.1. The summed E-state index contributed by atoms with van der Waals surface area (Å²) in [6.45, 7) is 21.5. The number of likely N-dealkylation sites (N-methyl/N-ethyl adjacent to an activating group) is 1. The number of allylic oxidation sites excluding steroid dienone is 1. The number of hydrogen-bond acceptors (Lipinski definition) is 2. The fraction of sp³-hybridized carbons (Fsp3) is 0.714. The monoisotopic (exact) mass is 413 g/mol. The highest BCUT2D eigenvalue weighted by Gasteiger charge is 2.49. The van der Waals surface area contributed by atoms with Gasteiger partial charge in [-0.15, -0.1) is 0 Å². The van der Waals surface area contributed by atoms with Crippen LogP contribution in [0.15, 0.2) is 30.3 Å². The van der Waals surface area contributed by atoms with E-state index in [-0.39, 0.29) is 22.1 Å². The van der Waals surface area contributed by atoms with Gasteiger partial charge in [-0.25, -0.2) is 0 Å². The molecule has 0 aliphatic heterocycles. The van der Waals surface area contributed by atoms with Crippen LogP contribution < -0.4 is 0 Å². The van der Waals surface area contributed by atoms with Crippen LogP contribution in [0.3, 0.4) is 0 Å². The van der Waals surface area contributed by atoms with Crippen molar-refractivity contribution < 1.29 is 4.74 Å². The van der Waals surface area contributed by atoms with E-state index in [0.29, 0.717) is 0 Å². The second kappa shape index (κ2) is 9.17. The fourth-order valence-electron chi connectivity index (χ4n) is 4.77. The smallest absolute Gasteiger partial charge is 0.0598 e. The number of fused-ring (bicyclic) bond motifs is 1. The molecule has 1 atom stereocenters. The third kappa shape index (κ3) is 5.56. The van der Waals surface area contributed by atoms with Crippen molar-refractivity contribution in [1.29, 1.82) is 0 Å². The zero-order valence-corrected chi connectivity index (χ0v) is 21.5. The molecule has 0 amide bonds. The van der Waals surface area contributed by atoms with Crippen molar-refractivity contribution in [3.05, 3.63) is 41.5 Å². The van der Waals surface area contributed by atoms with E-state index in [0.717, 1.165) is 13.0 Å². The van der Waals surface area contributed by atoms with Gasteiger partial charge in [-0.1, -0.05) is 50.1 Å². The minimum Gasteiger partial charge on any atom is -0.376 e. The SMILES string of the molecule is CN(C(C)(C)C)C(C)(C)C1(C)C=C(CCCCCCOC(C)(C)C)c2ccccc21. The molecular formula is C28H47NO. The topological polar surface area (TPSA) is 12.5 Å². The number of ether oxygens (including phenoxy) is 1. The van der Waals surface area contributed by atoms with Crippen molar-refractivity contribution in [1.82, 2.24) is 4.90 Å². The number of hydrogen-bond donors (Lipinski definition) is 0. The third-order valence-electron chi connectivity index (χ3n) is 7.29. The Morgan fingerprint density at radius 2 is 1.47 bits per heavy atom. The molecule has 0 spiro atoms. The summed E-state index contributed by atoms with van der Waals surface area (Å²) in [6.07, 6.45) is 8.69. The van der Waals surface area contributed by atoms with E-state index in [1.54, 1.807) is 0 Å². The molecule has 0 saturated heterocycles. The third-order valence-corrected chi connectivity index (χ3v) is 7.29. The molecule has 1 unspecified atom stereocenters. The summed E-state index contributed by atoms with van der Waals surface area (Å²) >= 11 is 0. The lowest BCUT2D eigenvalue weighted by Gasteiger charge is -2.53. The summed E-state index contributed by atoms with van der Waals surface area (Å²) in [5.74, 6) is 0. The van der Waals surface area contributed by atoms with Gasteiger partial charge in [0.05, 0.1) is 5.60 Å². The lowest BCUT2D eigenvalue weighted by Crippen LogP contribution is -2.60. The van der Waals surface area contributed by atoms with Crippen LogP contribution in [-0.2, 0) is 10.2 Å². The molecule has 170 valence electrons. The van der Waals surface area contributed by atoms with Crippen molar-refractivity contribution >= 4 is 5.57 Å². The maximum Gasteiger partial charge on any atom is 0.0598 e. The van der Waals surface area contributed by atoms with Gasteiger partial charge in [0.25, 0.3) is 0 Å². The van der Waals surface area contributed by atoms with Crippen LogP contribution in [0.4, 0.5) is 0 Å². The predicted octanol–water partition coefficient (Wildman–Crippen LogP) is 7.62. The highest BCUT2D eigenvalue weighted by Crippen LogP contribution is 2.50. The second-order valence-electron chi connectivity index (χ2n) is 11.8. The first-order valence-corrected chi connectivity index (χ1v) is 11.9. The van der Waals surface area contributed by atoms with Gasteiger partial charge in [-0.05, 0) is 98.4 Å². The molecule has 2 heteroatoms. The fourth-order valence-corrected chi connectivity index (χ4v) is 4.77. The van der Waals surface area contributed by atoms with Crippen molar-refractivity contribution in [2.45, 2.75) is 117 Å². The van der Waals surface area contributed by atoms with Crippen LogP contribution in [-0.4, -0.2) is 35.2 Å². The van der Waals surface area contributed by atoms with Crippen LogP contribution in [0, 0.1) is 0 Å². The van der Waals surface area contributed by atoms with Gasteiger partial charge >= 0.3 is 0 Å². The Morgan fingerprint density at radius 1 is 0.867 bits per heavy atom. The summed E-state index contributed by atoms with van der Waals surface area (Å²) in [5, 5.41) is 0. The van der Waals surface area contributed by atoms with Gasteiger partial charge in [0.15, 0.2) is 0 Å². The van der Waals surface area contributed by atoms with E-state index in [1.165, 1.54) is 42.4 Å². The highest BCUT2D eigenvalue weighted by molar-refractivity contribution is 5.77. The van der Waals surface area contributed by atoms with Crippen molar-refractivity contribution in [3.8, 4) is 0 Å². The van der Waals surface area contributed by atoms with E-state index < -0.39 is 0 Å². The molecule has 0 fully saturated rings. The van der Waals surface area contributed by atoms with E-state index in [2.05, 4.69) is 105 Å². The Bertz CT molecular complexity index is 732. The maximum atomic E-state index is 5.85. The Labute approximate surface area is 187 Å². The normalized spacial score (nSPS) is 19.9. The first-order chi connectivity index (χ1) is 13.7. The van der Waals surface area contributed by atoms with Gasteiger partial charge in [0.1, 0.15) is 0 Å². The molecule has 1 aromatic rings. The van der Waals surface area contributed by atoms with Gasteiger partial charge in [-0.2, -0.15) is 0 Å². The van der Waals surface area contributed by atoms with Crippen molar-refractivity contribution in [2.75, 3.05) is 13.7 Å². The number of rotatable bonds is 9. The summed E-state index contributed by atoms with van der Waals surface area (Å²) < 4.78 is 5.85. The molecule has 30 heavy (non-hydrogen) atoms. The molecule has 2 nitrogen and oxygen atoms in total. The van der Waals surface area contributed by atoms with E-state index in [4.69, 9.17) is 4.74 Å². The van der Waals surface area contributed by atoms with Gasteiger partial charge in [0.2, 0.25) is 0 Å². The summed E-state index contributed by atoms with van der Waals surface area (Å²) in [5.41, 5.74) is 4.60. The van der Waals surface area contributed by atoms with Gasteiger partial charge < -0.3 is 4.74 Å². The molecule has 1 aliphatic carbocycles. The van der Waals surface area contributed by atoms with Crippen LogP contribution in [0.25, 0.3) is 5.57 Å². The Balaban J connectivity index is 2.08. The standard InChI is InChI=1S/C28H47NO/c1-25(2,3)29(10)27(7,8)28(9)21-22(23-18-14-15-19-24(23)28)17-13-11-12-16-20-30-26(4,5)6/h14-15,18-19,21H,11-13,16-17,20H2,1-10H3. The minimum atomic E-state index is -0.0180. The minimum absolute atomic E-state index is 0.00149. The largest absolute Gasteiger partial charge is 0.376 e. The van der Waals surface area contributed by atoms with Crippen LogP contribution in [0.5, 0.6) is 0 Å². The average molecular weight is 414 g/mol. The summed E-state index contributed by atoms with van der Waals surface area (Å²) in [6, 6.07) is 9.08. The van der Waals surface area contributed by atoms with E-state index in [9.17, 15) is 0 Å². The number of benzene rings is 1. The van der Waals surface area contributed by atoms with E-state index in [1.807, 2.05) is 0 Å². The Hall–Kier alpha value is -1.12. The van der Waals surface area contributed by atoms with Crippen LogP contribution >= 0.6 is 0 Å².